The van der Waals surface area contributed by atoms with Gasteiger partial charge in [0.25, 0.3) is 0 Å². The second kappa shape index (κ2) is 4.75. The maximum absolute atomic E-state index is 5.68. The molecule has 0 aromatic heterocycles. The third-order valence-corrected chi connectivity index (χ3v) is 4.06. The number of nitrogens with one attached hydrogen (secondary N) is 1. The van der Waals surface area contributed by atoms with Gasteiger partial charge < -0.3 is 14.8 Å². The lowest BCUT2D eigenvalue weighted by atomic mass is 9.88. The lowest BCUT2D eigenvalue weighted by Gasteiger charge is -2.27. The maximum atomic E-state index is 5.68. The molecular weight excluding hydrogens is 250 g/mol. The van der Waals surface area contributed by atoms with Crippen molar-refractivity contribution in [1.29, 1.82) is 0 Å². The van der Waals surface area contributed by atoms with Gasteiger partial charge >= 0.3 is 0 Å². The Balaban J connectivity index is 1.63. The Morgan fingerprint density at radius 3 is 2.75 bits per heavy atom. The molecule has 0 radical (unpaired) electrons. The van der Waals surface area contributed by atoms with Gasteiger partial charge in [-0.2, -0.15) is 0 Å². The van der Waals surface area contributed by atoms with Crippen molar-refractivity contribution in [3.05, 3.63) is 53.6 Å². The van der Waals surface area contributed by atoms with Crippen LogP contribution in [0, 0.1) is 0 Å². The summed E-state index contributed by atoms with van der Waals surface area (Å²) in [5.41, 5.74) is 3.97. The van der Waals surface area contributed by atoms with E-state index < -0.39 is 0 Å². The number of hydrogen-bond donors (Lipinski definition) is 1. The molecule has 20 heavy (non-hydrogen) atoms. The van der Waals surface area contributed by atoms with Crippen LogP contribution in [0.4, 0.5) is 5.69 Å². The van der Waals surface area contributed by atoms with Gasteiger partial charge in [-0.05, 0) is 35.7 Å². The number of ether oxygens (including phenoxy) is 2. The van der Waals surface area contributed by atoms with E-state index in [0.717, 1.165) is 24.5 Å². The van der Waals surface area contributed by atoms with Gasteiger partial charge in [0, 0.05) is 18.2 Å². The fraction of sp³-hybridized carbons (Fsp3) is 0.294. The van der Waals surface area contributed by atoms with Gasteiger partial charge in [0.15, 0.2) is 11.5 Å². The van der Waals surface area contributed by atoms with Crippen molar-refractivity contribution in [1.82, 2.24) is 0 Å². The first kappa shape index (κ1) is 11.6. The highest BCUT2D eigenvalue weighted by Gasteiger charge is 2.21. The smallest absolute Gasteiger partial charge is 0.161 e. The fourth-order valence-electron chi connectivity index (χ4n) is 2.99. The lowest BCUT2D eigenvalue weighted by Crippen LogP contribution is -2.22. The predicted molar refractivity (Wildman–Crippen MR) is 78.8 cm³/mol. The van der Waals surface area contributed by atoms with Gasteiger partial charge in [-0.25, -0.2) is 0 Å². The molecule has 0 amide bonds. The molecule has 0 saturated carbocycles. The zero-order chi connectivity index (χ0) is 13.4. The molecule has 3 nitrogen and oxygen atoms in total. The molecule has 1 atom stereocenters. The van der Waals surface area contributed by atoms with E-state index in [4.69, 9.17) is 9.47 Å². The van der Waals surface area contributed by atoms with Crippen LogP contribution in [-0.4, -0.2) is 19.8 Å². The summed E-state index contributed by atoms with van der Waals surface area (Å²) in [6.07, 6.45) is 1.07. The maximum Gasteiger partial charge on any atom is 0.161 e. The lowest BCUT2D eigenvalue weighted by molar-refractivity contribution is 0.171. The summed E-state index contributed by atoms with van der Waals surface area (Å²) in [7, 11) is 0. The minimum atomic E-state index is 0.487. The Morgan fingerprint density at radius 2 is 1.80 bits per heavy atom. The number of anilines is 1. The van der Waals surface area contributed by atoms with Gasteiger partial charge in [-0.1, -0.05) is 24.3 Å². The quantitative estimate of drug-likeness (QED) is 0.860. The first-order valence-electron chi connectivity index (χ1n) is 7.11. The monoisotopic (exact) mass is 267 g/mol. The molecule has 2 aliphatic rings. The highest BCUT2D eigenvalue weighted by atomic mass is 16.6. The molecule has 0 aliphatic carbocycles. The van der Waals surface area contributed by atoms with E-state index in [1.807, 2.05) is 6.07 Å². The highest BCUT2D eigenvalue weighted by molar-refractivity contribution is 5.55. The zero-order valence-corrected chi connectivity index (χ0v) is 11.3. The molecule has 1 unspecified atom stereocenters. The van der Waals surface area contributed by atoms with Crippen molar-refractivity contribution < 1.29 is 9.47 Å². The molecule has 0 bridgehead atoms. The summed E-state index contributed by atoms with van der Waals surface area (Å²) in [6, 6.07) is 14.9. The number of fused-ring (bicyclic) bond motifs is 2. The van der Waals surface area contributed by atoms with Crippen LogP contribution in [0.2, 0.25) is 0 Å². The molecule has 3 heteroatoms. The van der Waals surface area contributed by atoms with E-state index >= 15 is 0 Å². The summed E-state index contributed by atoms with van der Waals surface area (Å²) in [4.78, 5) is 0. The number of rotatable bonds is 1. The highest BCUT2D eigenvalue weighted by Crippen LogP contribution is 2.36. The molecule has 0 saturated heterocycles. The Bertz CT molecular complexity index is 639. The van der Waals surface area contributed by atoms with Crippen molar-refractivity contribution in [3.63, 3.8) is 0 Å². The first-order chi connectivity index (χ1) is 9.90. The van der Waals surface area contributed by atoms with Crippen LogP contribution in [0.3, 0.4) is 0 Å². The average molecular weight is 267 g/mol. The molecule has 0 fully saturated rings. The normalized spacial score (nSPS) is 19.9. The third kappa shape index (κ3) is 1.99. The average Bonchev–Trinajstić information content (AvgIpc) is 2.54. The molecule has 2 aliphatic heterocycles. The van der Waals surface area contributed by atoms with E-state index in [0.29, 0.717) is 19.1 Å². The van der Waals surface area contributed by atoms with Gasteiger partial charge in [0.2, 0.25) is 0 Å². The third-order valence-electron chi connectivity index (χ3n) is 4.06. The largest absolute Gasteiger partial charge is 0.486 e. The number of benzene rings is 2. The minimum absolute atomic E-state index is 0.487. The fourth-order valence-corrected chi connectivity index (χ4v) is 2.99. The Kier molecular flexibility index (Phi) is 2.76. The Labute approximate surface area is 118 Å². The molecule has 2 aromatic rings. The number of para-hydroxylation sites is 1. The predicted octanol–water partition coefficient (Wildman–Crippen LogP) is 3.21. The molecule has 102 valence electrons. The second-order valence-corrected chi connectivity index (χ2v) is 5.34. The summed E-state index contributed by atoms with van der Waals surface area (Å²) in [6.45, 7) is 2.25. The van der Waals surface area contributed by atoms with E-state index in [1.165, 1.54) is 16.8 Å². The van der Waals surface area contributed by atoms with Crippen LogP contribution in [-0.2, 0) is 6.42 Å². The first-order valence-corrected chi connectivity index (χ1v) is 7.11. The molecule has 2 aromatic carbocycles. The Hall–Kier alpha value is -2.16. The van der Waals surface area contributed by atoms with Crippen LogP contribution in [0.25, 0.3) is 0 Å². The van der Waals surface area contributed by atoms with Gasteiger partial charge in [-0.15, -0.1) is 0 Å². The molecule has 1 N–H and O–H groups in total. The van der Waals surface area contributed by atoms with E-state index in [1.54, 1.807) is 0 Å². The van der Waals surface area contributed by atoms with Crippen LogP contribution in [0.15, 0.2) is 42.5 Å². The van der Waals surface area contributed by atoms with E-state index in [2.05, 4.69) is 41.7 Å². The second-order valence-electron chi connectivity index (χ2n) is 5.34. The van der Waals surface area contributed by atoms with Crippen LogP contribution < -0.4 is 14.8 Å². The summed E-state index contributed by atoms with van der Waals surface area (Å²) >= 11 is 0. The summed E-state index contributed by atoms with van der Waals surface area (Å²) in [5, 5.41) is 3.52. The van der Waals surface area contributed by atoms with Crippen molar-refractivity contribution in [2.24, 2.45) is 0 Å². The van der Waals surface area contributed by atoms with E-state index in [9.17, 15) is 0 Å². The van der Waals surface area contributed by atoms with Gasteiger partial charge in [0.05, 0.1) is 0 Å². The molecular formula is C17H17NO2. The minimum Gasteiger partial charge on any atom is -0.486 e. The van der Waals surface area contributed by atoms with Gasteiger partial charge in [-0.3, -0.25) is 0 Å². The van der Waals surface area contributed by atoms with Gasteiger partial charge in [0.1, 0.15) is 13.2 Å². The summed E-state index contributed by atoms with van der Waals surface area (Å²) < 4.78 is 11.3. The molecule has 2 heterocycles. The SMILES string of the molecule is c1ccc2c(c1)CC(c1ccc3c(c1)OCCO3)CN2. The standard InChI is InChI=1S/C17H17NO2/c1-2-4-15-13(3-1)9-14(11-18-15)12-5-6-16-17(10-12)20-8-7-19-16/h1-6,10,14,18H,7-9,11H2. The van der Waals surface area contributed by atoms with Crippen LogP contribution in [0.1, 0.15) is 17.0 Å². The molecule has 0 spiro atoms. The topological polar surface area (TPSA) is 30.5 Å². The van der Waals surface area contributed by atoms with Crippen LogP contribution >= 0.6 is 0 Å². The summed E-state index contributed by atoms with van der Waals surface area (Å²) in [5.74, 6) is 2.23. The Morgan fingerprint density at radius 1 is 0.950 bits per heavy atom. The van der Waals surface area contributed by atoms with E-state index in [-0.39, 0.29) is 0 Å². The zero-order valence-electron chi connectivity index (χ0n) is 11.3. The molecule has 4 rings (SSSR count). The number of hydrogen-bond acceptors (Lipinski definition) is 3. The van der Waals surface area contributed by atoms with Crippen molar-refractivity contribution in [2.45, 2.75) is 12.3 Å². The van der Waals surface area contributed by atoms with Crippen molar-refractivity contribution >= 4 is 5.69 Å². The van der Waals surface area contributed by atoms with Crippen LogP contribution in [0.5, 0.6) is 11.5 Å². The van der Waals surface area contributed by atoms with Crippen molar-refractivity contribution in [3.8, 4) is 11.5 Å². The van der Waals surface area contributed by atoms with Crippen molar-refractivity contribution in [2.75, 3.05) is 25.1 Å².